The van der Waals surface area contributed by atoms with E-state index in [1.54, 1.807) is 0 Å². The first-order valence-corrected chi connectivity index (χ1v) is 8.24. The smallest absolute Gasteiger partial charge is 0.0855 e. The number of nitrogens with zero attached hydrogens (tertiary/aromatic N) is 2. The second-order valence-electron chi connectivity index (χ2n) is 8.15. The van der Waals surface area contributed by atoms with Gasteiger partial charge in [0, 0.05) is 0 Å². The van der Waals surface area contributed by atoms with Gasteiger partial charge in [-0.25, -0.2) is 0 Å². The second-order valence-corrected chi connectivity index (χ2v) is 8.15. The fourth-order valence-corrected chi connectivity index (χ4v) is 2.37. The van der Waals surface area contributed by atoms with Crippen LogP contribution in [0.3, 0.4) is 0 Å². The minimum atomic E-state index is 0.132. The minimum Gasteiger partial charge on any atom is -0.184 e. The average molecular weight is 308 g/mol. The van der Waals surface area contributed by atoms with E-state index < -0.39 is 0 Å². The van der Waals surface area contributed by atoms with Crippen LogP contribution in [0.2, 0.25) is 0 Å². The lowest BCUT2D eigenvalue weighted by Crippen LogP contribution is -2.11. The monoisotopic (exact) mass is 308 g/mol. The second kappa shape index (κ2) is 6.66. The van der Waals surface area contributed by atoms with Crippen molar-refractivity contribution in [2.24, 2.45) is 10.2 Å². The van der Waals surface area contributed by atoms with Gasteiger partial charge in [0.15, 0.2) is 0 Å². The van der Waals surface area contributed by atoms with Crippen molar-refractivity contribution in [1.82, 2.24) is 0 Å². The zero-order chi connectivity index (χ0) is 17.1. The molecule has 0 aliphatic rings. The van der Waals surface area contributed by atoms with Crippen LogP contribution in [0.1, 0.15) is 58.2 Å². The summed E-state index contributed by atoms with van der Waals surface area (Å²) in [5, 5.41) is 8.78. The lowest BCUT2D eigenvalue weighted by Gasteiger charge is -2.19. The summed E-state index contributed by atoms with van der Waals surface area (Å²) in [6.07, 6.45) is 0. The fraction of sp³-hybridized carbons (Fsp3) is 0.429. The molecular formula is C21H28N2. The molecule has 2 aromatic carbocycles. The maximum absolute atomic E-state index is 4.39. The molecule has 0 unspecified atom stereocenters. The number of rotatable bonds is 3. The number of azo groups is 1. The van der Waals surface area contributed by atoms with E-state index in [4.69, 9.17) is 0 Å². The Hall–Kier alpha value is -1.96. The van der Waals surface area contributed by atoms with Crippen LogP contribution in [0.5, 0.6) is 0 Å². The van der Waals surface area contributed by atoms with Gasteiger partial charge in [-0.3, -0.25) is 0 Å². The third-order valence-electron chi connectivity index (χ3n) is 3.94. The Morgan fingerprint density at radius 3 is 1.91 bits per heavy atom. The number of hydrogen-bond donors (Lipinski definition) is 0. The minimum absolute atomic E-state index is 0.132. The van der Waals surface area contributed by atoms with Gasteiger partial charge in [-0.2, -0.15) is 10.2 Å². The summed E-state index contributed by atoms with van der Waals surface area (Å²) in [5.41, 5.74) is 5.03. The maximum Gasteiger partial charge on any atom is 0.0855 e. The van der Waals surface area contributed by atoms with E-state index in [9.17, 15) is 0 Å². The van der Waals surface area contributed by atoms with Crippen LogP contribution in [-0.2, 0) is 17.4 Å². The van der Waals surface area contributed by atoms with Crippen molar-refractivity contribution in [2.45, 2.75) is 58.9 Å². The molecule has 23 heavy (non-hydrogen) atoms. The highest BCUT2D eigenvalue weighted by atomic mass is 15.1. The molecule has 0 heterocycles. The van der Waals surface area contributed by atoms with Crippen molar-refractivity contribution >= 4 is 5.69 Å². The molecule has 2 rings (SSSR count). The Morgan fingerprint density at radius 2 is 1.30 bits per heavy atom. The van der Waals surface area contributed by atoms with E-state index in [1.807, 2.05) is 6.07 Å². The lowest BCUT2D eigenvalue weighted by atomic mass is 9.86. The van der Waals surface area contributed by atoms with E-state index in [-0.39, 0.29) is 10.8 Å². The Kier molecular flexibility index (Phi) is 5.03. The van der Waals surface area contributed by atoms with Crippen molar-refractivity contribution < 1.29 is 0 Å². The number of hydrogen-bond acceptors (Lipinski definition) is 2. The zero-order valence-corrected chi connectivity index (χ0v) is 15.2. The zero-order valence-electron chi connectivity index (χ0n) is 15.2. The Balaban J connectivity index is 2.11. The molecule has 0 aliphatic carbocycles. The van der Waals surface area contributed by atoms with Crippen molar-refractivity contribution in [3.05, 3.63) is 65.2 Å². The fourth-order valence-electron chi connectivity index (χ4n) is 2.37. The van der Waals surface area contributed by atoms with Gasteiger partial charge in [-0.1, -0.05) is 77.9 Å². The van der Waals surface area contributed by atoms with Crippen molar-refractivity contribution in [3.8, 4) is 0 Å². The highest BCUT2D eigenvalue weighted by molar-refractivity contribution is 5.41. The van der Waals surface area contributed by atoms with Gasteiger partial charge in [0.25, 0.3) is 0 Å². The molecule has 122 valence electrons. The summed E-state index contributed by atoms with van der Waals surface area (Å²) in [6.45, 7) is 13.9. The molecule has 0 aromatic heterocycles. The molecule has 0 amide bonds. The van der Waals surface area contributed by atoms with Crippen molar-refractivity contribution in [1.29, 1.82) is 0 Å². The van der Waals surface area contributed by atoms with Gasteiger partial charge in [0.05, 0.1) is 12.2 Å². The topological polar surface area (TPSA) is 24.7 Å². The highest BCUT2D eigenvalue weighted by Crippen LogP contribution is 2.26. The van der Waals surface area contributed by atoms with Crippen LogP contribution in [0, 0.1) is 0 Å². The average Bonchev–Trinajstić information content (AvgIpc) is 2.46. The van der Waals surface area contributed by atoms with Gasteiger partial charge in [0.1, 0.15) is 0 Å². The summed E-state index contributed by atoms with van der Waals surface area (Å²) >= 11 is 0. The van der Waals surface area contributed by atoms with E-state index in [0.717, 1.165) is 5.69 Å². The lowest BCUT2D eigenvalue weighted by molar-refractivity contribution is 0.589. The van der Waals surface area contributed by atoms with E-state index in [1.165, 1.54) is 16.7 Å². The molecule has 0 aliphatic heterocycles. The first-order valence-electron chi connectivity index (χ1n) is 8.24. The first-order chi connectivity index (χ1) is 10.7. The molecule has 0 saturated carbocycles. The van der Waals surface area contributed by atoms with Gasteiger partial charge < -0.3 is 0 Å². The predicted molar refractivity (Wildman–Crippen MR) is 98.5 cm³/mol. The van der Waals surface area contributed by atoms with Crippen LogP contribution in [-0.4, -0.2) is 0 Å². The van der Waals surface area contributed by atoms with Crippen LogP contribution in [0.15, 0.2) is 58.8 Å². The maximum atomic E-state index is 4.39. The normalized spacial score (nSPS) is 12.8. The SMILES string of the molecule is CC(C)(C)c1cccc(CN=Nc2cccc(C(C)(C)C)c2)c1. The molecule has 0 saturated heterocycles. The summed E-state index contributed by atoms with van der Waals surface area (Å²) < 4.78 is 0. The van der Waals surface area contributed by atoms with Crippen LogP contribution >= 0.6 is 0 Å². The molecule has 2 nitrogen and oxygen atoms in total. The van der Waals surface area contributed by atoms with Crippen molar-refractivity contribution in [3.63, 3.8) is 0 Å². The van der Waals surface area contributed by atoms with Gasteiger partial charge in [-0.15, -0.1) is 0 Å². The predicted octanol–water partition coefficient (Wildman–Crippen LogP) is 6.57. The highest BCUT2D eigenvalue weighted by Gasteiger charge is 2.14. The van der Waals surface area contributed by atoms with E-state index in [2.05, 4.69) is 94.2 Å². The van der Waals surface area contributed by atoms with Gasteiger partial charge >= 0.3 is 0 Å². The molecule has 0 radical (unpaired) electrons. The molecular weight excluding hydrogens is 280 g/mol. The van der Waals surface area contributed by atoms with Crippen LogP contribution in [0.4, 0.5) is 5.69 Å². The molecule has 0 spiro atoms. The van der Waals surface area contributed by atoms with Gasteiger partial charge in [-0.05, 0) is 39.7 Å². The quantitative estimate of drug-likeness (QED) is 0.573. The third kappa shape index (κ3) is 5.02. The standard InChI is InChI=1S/C21H28N2/c1-20(2,3)17-10-7-9-16(13-17)15-22-23-19-12-8-11-18(14-19)21(4,5)6/h7-14H,15H2,1-6H3. The summed E-state index contributed by atoms with van der Waals surface area (Å²) in [4.78, 5) is 0. The largest absolute Gasteiger partial charge is 0.184 e. The summed E-state index contributed by atoms with van der Waals surface area (Å²) in [5.74, 6) is 0. The molecule has 0 fully saturated rings. The van der Waals surface area contributed by atoms with Crippen molar-refractivity contribution in [2.75, 3.05) is 0 Å². The van der Waals surface area contributed by atoms with E-state index in [0.29, 0.717) is 6.54 Å². The first kappa shape index (κ1) is 17.4. The Morgan fingerprint density at radius 1 is 0.739 bits per heavy atom. The Labute approximate surface area is 140 Å². The molecule has 0 N–H and O–H groups in total. The van der Waals surface area contributed by atoms with Crippen LogP contribution < -0.4 is 0 Å². The van der Waals surface area contributed by atoms with Gasteiger partial charge in [0.2, 0.25) is 0 Å². The van der Waals surface area contributed by atoms with E-state index >= 15 is 0 Å². The molecule has 2 aromatic rings. The number of benzene rings is 2. The van der Waals surface area contributed by atoms with Crippen LogP contribution in [0.25, 0.3) is 0 Å². The molecule has 0 atom stereocenters. The summed E-state index contributed by atoms with van der Waals surface area (Å²) in [7, 11) is 0. The Bertz CT molecular complexity index is 685. The summed E-state index contributed by atoms with van der Waals surface area (Å²) in [6, 6.07) is 16.9. The molecule has 0 bridgehead atoms. The molecule has 2 heteroatoms. The third-order valence-corrected chi connectivity index (χ3v) is 3.94.